The lowest BCUT2D eigenvalue weighted by atomic mass is 9.99. The van der Waals surface area contributed by atoms with Gasteiger partial charge in [-0.15, -0.1) is 0 Å². The molecule has 0 N–H and O–H groups in total. The monoisotopic (exact) mass is 443 g/mol. The lowest BCUT2D eigenvalue weighted by Crippen LogP contribution is -2.48. The van der Waals surface area contributed by atoms with Gasteiger partial charge in [0.1, 0.15) is 0 Å². The normalized spacial score (nSPS) is 16.7. The number of hydrogen-bond acceptors (Lipinski definition) is 4. The van der Waals surface area contributed by atoms with Gasteiger partial charge in [-0.05, 0) is 54.3 Å². The molecule has 30 heavy (non-hydrogen) atoms. The molecule has 1 aliphatic rings. The molecule has 3 aromatic rings. The zero-order chi connectivity index (χ0) is 21.3. The van der Waals surface area contributed by atoms with Crippen LogP contribution in [0.15, 0.2) is 59.6 Å². The summed E-state index contributed by atoms with van der Waals surface area (Å²) in [5.74, 6) is 0.426. The average molecular weight is 444 g/mol. The number of benzene rings is 2. The van der Waals surface area contributed by atoms with Gasteiger partial charge < -0.3 is 4.90 Å². The van der Waals surface area contributed by atoms with Crippen LogP contribution in [0.3, 0.4) is 0 Å². The highest BCUT2D eigenvalue weighted by atomic mass is 35.5. The molecular weight excluding hydrogens is 418 g/mol. The summed E-state index contributed by atoms with van der Waals surface area (Å²) >= 11 is 6.09. The molecule has 1 aromatic heterocycles. The van der Waals surface area contributed by atoms with Crippen LogP contribution in [0.2, 0.25) is 5.02 Å². The fourth-order valence-electron chi connectivity index (χ4n) is 3.90. The average Bonchev–Trinajstić information content (AvgIpc) is 2.78. The highest BCUT2D eigenvalue weighted by Gasteiger charge is 2.29. The van der Waals surface area contributed by atoms with E-state index < -0.39 is 10.0 Å². The van der Waals surface area contributed by atoms with Gasteiger partial charge in [-0.2, -0.15) is 4.31 Å². The van der Waals surface area contributed by atoms with Crippen molar-refractivity contribution in [3.05, 3.63) is 65.3 Å². The highest BCUT2D eigenvalue weighted by Crippen LogP contribution is 2.29. The maximum absolute atomic E-state index is 13.1. The number of pyridine rings is 1. The molecular formula is C23H26ClN3O2S. The molecule has 0 radical (unpaired) electrons. The topological polar surface area (TPSA) is 53.5 Å². The van der Waals surface area contributed by atoms with E-state index in [0.29, 0.717) is 42.0 Å². The van der Waals surface area contributed by atoms with E-state index in [1.807, 2.05) is 36.4 Å². The predicted molar refractivity (Wildman–Crippen MR) is 123 cm³/mol. The zero-order valence-electron chi connectivity index (χ0n) is 17.3. The Morgan fingerprint density at radius 3 is 2.40 bits per heavy atom. The third-order valence-electron chi connectivity index (χ3n) is 5.96. The van der Waals surface area contributed by atoms with Crippen molar-refractivity contribution in [3.63, 3.8) is 0 Å². The number of fused-ring (bicyclic) bond motifs is 1. The Kier molecular flexibility index (Phi) is 6.00. The van der Waals surface area contributed by atoms with Crippen molar-refractivity contribution in [2.45, 2.75) is 31.1 Å². The molecule has 0 saturated carbocycles. The van der Waals surface area contributed by atoms with Crippen LogP contribution in [-0.4, -0.2) is 43.9 Å². The molecule has 2 heterocycles. The quantitative estimate of drug-likeness (QED) is 0.562. The number of piperazine rings is 1. The summed E-state index contributed by atoms with van der Waals surface area (Å²) in [6.45, 7) is 6.45. The van der Waals surface area contributed by atoms with Crippen LogP contribution < -0.4 is 4.90 Å². The highest BCUT2D eigenvalue weighted by molar-refractivity contribution is 7.89. The Bertz CT molecular complexity index is 1140. The van der Waals surface area contributed by atoms with E-state index in [1.165, 1.54) is 5.56 Å². The maximum atomic E-state index is 13.1. The van der Waals surface area contributed by atoms with Gasteiger partial charge in [-0.25, -0.2) is 8.42 Å². The summed E-state index contributed by atoms with van der Waals surface area (Å²) in [6, 6.07) is 15.0. The van der Waals surface area contributed by atoms with Gasteiger partial charge in [0.05, 0.1) is 10.4 Å². The van der Waals surface area contributed by atoms with Crippen molar-refractivity contribution in [1.29, 1.82) is 0 Å². The summed E-state index contributed by atoms with van der Waals surface area (Å²) in [5.41, 5.74) is 3.08. The van der Waals surface area contributed by atoms with E-state index in [9.17, 15) is 8.42 Å². The van der Waals surface area contributed by atoms with Crippen molar-refractivity contribution < 1.29 is 8.42 Å². The first-order valence-corrected chi connectivity index (χ1v) is 12.1. The van der Waals surface area contributed by atoms with Gasteiger partial charge in [0.2, 0.25) is 10.0 Å². The molecule has 1 aliphatic heterocycles. The standard InChI is InChI=1S/C23H26ClN3O2S/c1-3-17(2)18-4-7-20(8-5-18)30(28,29)27-14-12-26(13-15-27)23-10-11-25-22-16-19(24)6-9-21(22)23/h4-11,16-17H,3,12-15H2,1-2H3/t17-/m1/s1. The minimum absolute atomic E-state index is 0.368. The lowest BCUT2D eigenvalue weighted by Gasteiger charge is -2.35. The van der Waals surface area contributed by atoms with Crippen LogP contribution in [0.25, 0.3) is 10.9 Å². The molecule has 0 amide bonds. The van der Waals surface area contributed by atoms with Crippen molar-refractivity contribution in [2.75, 3.05) is 31.1 Å². The second kappa shape index (κ2) is 8.53. The summed E-state index contributed by atoms with van der Waals surface area (Å²) in [7, 11) is -3.49. The second-order valence-electron chi connectivity index (χ2n) is 7.76. The van der Waals surface area contributed by atoms with Gasteiger partial charge in [0.25, 0.3) is 0 Å². The van der Waals surface area contributed by atoms with Gasteiger partial charge in [-0.3, -0.25) is 4.98 Å². The molecule has 7 heteroatoms. The molecule has 4 rings (SSSR count). The summed E-state index contributed by atoms with van der Waals surface area (Å²) < 4.78 is 27.8. The van der Waals surface area contributed by atoms with E-state index in [1.54, 1.807) is 22.6 Å². The molecule has 0 spiro atoms. The third kappa shape index (κ3) is 4.04. The Morgan fingerprint density at radius 1 is 1.03 bits per heavy atom. The molecule has 1 atom stereocenters. The SMILES string of the molecule is CC[C@@H](C)c1ccc(S(=O)(=O)N2CCN(c3ccnc4cc(Cl)ccc34)CC2)cc1. The summed E-state index contributed by atoms with van der Waals surface area (Å²) in [4.78, 5) is 6.99. The van der Waals surface area contributed by atoms with Crippen molar-refractivity contribution >= 4 is 38.2 Å². The third-order valence-corrected chi connectivity index (χ3v) is 8.11. The van der Waals surface area contributed by atoms with Crippen LogP contribution in [0.4, 0.5) is 5.69 Å². The van der Waals surface area contributed by atoms with Crippen LogP contribution in [-0.2, 0) is 10.0 Å². The molecule has 1 saturated heterocycles. The second-order valence-corrected chi connectivity index (χ2v) is 10.1. The minimum Gasteiger partial charge on any atom is -0.368 e. The smallest absolute Gasteiger partial charge is 0.243 e. The fourth-order valence-corrected chi connectivity index (χ4v) is 5.49. The van der Waals surface area contributed by atoms with E-state index >= 15 is 0 Å². The fraction of sp³-hybridized carbons (Fsp3) is 0.348. The van der Waals surface area contributed by atoms with E-state index in [0.717, 1.165) is 23.0 Å². The number of aromatic nitrogens is 1. The van der Waals surface area contributed by atoms with Crippen molar-refractivity contribution in [1.82, 2.24) is 9.29 Å². The van der Waals surface area contributed by atoms with Crippen LogP contribution in [0, 0.1) is 0 Å². The zero-order valence-corrected chi connectivity index (χ0v) is 18.8. The molecule has 158 valence electrons. The molecule has 1 fully saturated rings. The first-order valence-electron chi connectivity index (χ1n) is 10.3. The first-order chi connectivity index (χ1) is 14.4. The molecule has 0 unspecified atom stereocenters. The summed E-state index contributed by atoms with van der Waals surface area (Å²) in [5, 5.41) is 1.68. The van der Waals surface area contributed by atoms with E-state index in [4.69, 9.17) is 11.6 Å². The van der Waals surface area contributed by atoms with E-state index in [2.05, 4.69) is 23.7 Å². The minimum atomic E-state index is -3.49. The molecule has 0 aliphatic carbocycles. The lowest BCUT2D eigenvalue weighted by molar-refractivity contribution is 0.385. The van der Waals surface area contributed by atoms with E-state index in [-0.39, 0.29) is 0 Å². The number of rotatable bonds is 5. The number of anilines is 1. The predicted octanol–water partition coefficient (Wildman–Crippen LogP) is 4.91. The van der Waals surface area contributed by atoms with Gasteiger partial charge in [0.15, 0.2) is 0 Å². The van der Waals surface area contributed by atoms with Crippen molar-refractivity contribution in [3.8, 4) is 0 Å². The Hall–Kier alpha value is -2.15. The molecule has 2 aromatic carbocycles. The Labute approximate surface area is 183 Å². The number of sulfonamides is 1. The van der Waals surface area contributed by atoms with Crippen LogP contribution in [0.5, 0.6) is 0 Å². The van der Waals surface area contributed by atoms with Gasteiger partial charge in [-0.1, -0.05) is 37.6 Å². The van der Waals surface area contributed by atoms with Gasteiger partial charge >= 0.3 is 0 Å². The van der Waals surface area contributed by atoms with Crippen LogP contribution >= 0.6 is 11.6 Å². The largest absolute Gasteiger partial charge is 0.368 e. The van der Waals surface area contributed by atoms with Crippen LogP contribution in [0.1, 0.15) is 31.7 Å². The first kappa shape index (κ1) is 21.1. The maximum Gasteiger partial charge on any atom is 0.243 e. The number of halogens is 1. The van der Waals surface area contributed by atoms with Crippen molar-refractivity contribution in [2.24, 2.45) is 0 Å². The molecule has 0 bridgehead atoms. The van der Waals surface area contributed by atoms with Gasteiger partial charge in [0, 0.05) is 48.5 Å². The number of hydrogen-bond donors (Lipinski definition) is 0. The summed E-state index contributed by atoms with van der Waals surface area (Å²) in [6.07, 6.45) is 2.81. The Morgan fingerprint density at radius 2 is 1.73 bits per heavy atom. The number of nitrogens with zero attached hydrogens (tertiary/aromatic N) is 3. The molecule has 5 nitrogen and oxygen atoms in total. The Balaban J connectivity index is 1.50.